The number of aliphatic hydroxyl groups is 1. The average Bonchev–Trinajstić information content (AvgIpc) is 2.39. The first-order valence-corrected chi connectivity index (χ1v) is 8.07. The van der Waals surface area contributed by atoms with Crippen molar-refractivity contribution in [2.45, 2.75) is 83.3 Å². The average molecular weight is 253 g/mol. The Kier molecular flexibility index (Phi) is 5.08. The molecule has 1 aliphatic heterocycles. The Bertz CT molecular complexity index is 237. The van der Waals surface area contributed by atoms with Crippen LogP contribution in [-0.2, 0) is 0 Å². The van der Waals surface area contributed by atoms with E-state index in [1.807, 2.05) is 0 Å². The summed E-state index contributed by atoms with van der Waals surface area (Å²) < 4.78 is 0. The maximum absolute atomic E-state index is 10.8. The SMILES string of the molecule is CCC1CCC(C(C)(O)CC2CCCCN2)CC1. The van der Waals surface area contributed by atoms with E-state index in [0.717, 1.165) is 18.9 Å². The smallest absolute Gasteiger partial charge is 0.0662 e. The molecule has 2 atom stereocenters. The van der Waals surface area contributed by atoms with Crippen LogP contribution < -0.4 is 5.32 Å². The fourth-order valence-corrected chi connectivity index (χ4v) is 3.96. The van der Waals surface area contributed by atoms with E-state index < -0.39 is 5.60 Å². The van der Waals surface area contributed by atoms with Gasteiger partial charge in [0, 0.05) is 6.04 Å². The summed E-state index contributed by atoms with van der Waals surface area (Å²) in [7, 11) is 0. The van der Waals surface area contributed by atoms with Crippen LogP contribution >= 0.6 is 0 Å². The summed E-state index contributed by atoms with van der Waals surface area (Å²) in [5, 5.41) is 14.4. The lowest BCUT2D eigenvalue weighted by Gasteiger charge is -2.40. The van der Waals surface area contributed by atoms with Gasteiger partial charge in [0.2, 0.25) is 0 Å². The monoisotopic (exact) mass is 253 g/mol. The highest BCUT2D eigenvalue weighted by Gasteiger charge is 2.36. The Labute approximate surface area is 113 Å². The third-order valence-electron chi connectivity index (χ3n) is 5.38. The van der Waals surface area contributed by atoms with E-state index in [1.54, 1.807) is 0 Å². The van der Waals surface area contributed by atoms with E-state index >= 15 is 0 Å². The van der Waals surface area contributed by atoms with Crippen LogP contribution in [0.2, 0.25) is 0 Å². The molecule has 0 amide bonds. The Hall–Kier alpha value is -0.0800. The Morgan fingerprint density at radius 2 is 1.83 bits per heavy atom. The number of nitrogens with one attached hydrogen (secondary N) is 1. The van der Waals surface area contributed by atoms with Crippen molar-refractivity contribution < 1.29 is 5.11 Å². The quantitative estimate of drug-likeness (QED) is 0.804. The highest BCUT2D eigenvalue weighted by molar-refractivity contribution is 4.90. The molecule has 106 valence electrons. The van der Waals surface area contributed by atoms with Crippen molar-refractivity contribution >= 4 is 0 Å². The number of hydrogen-bond donors (Lipinski definition) is 2. The lowest BCUT2D eigenvalue weighted by Crippen LogP contribution is -2.45. The minimum absolute atomic E-state index is 0.451. The van der Waals surface area contributed by atoms with Crippen LogP contribution in [0.3, 0.4) is 0 Å². The van der Waals surface area contributed by atoms with E-state index in [9.17, 15) is 5.11 Å². The lowest BCUT2D eigenvalue weighted by molar-refractivity contribution is -0.0381. The maximum Gasteiger partial charge on any atom is 0.0662 e. The van der Waals surface area contributed by atoms with Crippen LogP contribution in [0, 0.1) is 11.8 Å². The van der Waals surface area contributed by atoms with E-state index in [0.29, 0.717) is 12.0 Å². The predicted molar refractivity (Wildman–Crippen MR) is 76.6 cm³/mol. The van der Waals surface area contributed by atoms with Crippen molar-refractivity contribution in [1.29, 1.82) is 0 Å². The lowest BCUT2D eigenvalue weighted by atomic mass is 9.71. The molecule has 0 bridgehead atoms. The molecule has 0 aromatic rings. The van der Waals surface area contributed by atoms with Gasteiger partial charge in [-0.1, -0.05) is 32.6 Å². The Balaban J connectivity index is 1.82. The molecule has 2 nitrogen and oxygen atoms in total. The largest absolute Gasteiger partial charge is 0.390 e. The fraction of sp³-hybridized carbons (Fsp3) is 1.00. The molecule has 1 saturated carbocycles. The molecular formula is C16H31NO. The van der Waals surface area contributed by atoms with Crippen LogP contribution in [-0.4, -0.2) is 23.3 Å². The van der Waals surface area contributed by atoms with E-state index in [4.69, 9.17) is 0 Å². The first-order chi connectivity index (χ1) is 8.62. The standard InChI is InChI=1S/C16H31NO/c1-3-13-7-9-14(10-8-13)16(2,18)12-15-6-4-5-11-17-15/h13-15,17-18H,3-12H2,1-2H3. The van der Waals surface area contributed by atoms with Gasteiger partial charge in [-0.15, -0.1) is 0 Å². The first kappa shape index (κ1) is 14.3. The van der Waals surface area contributed by atoms with Crippen LogP contribution in [0.15, 0.2) is 0 Å². The van der Waals surface area contributed by atoms with Crippen molar-refractivity contribution in [3.63, 3.8) is 0 Å². The highest BCUT2D eigenvalue weighted by atomic mass is 16.3. The Morgan fingerprint density at radius 3 is 2.39 bits per heavy atom. The number of rotatable bonds is 4. The van der Waals surface area contributed by atoms with Crippen molar-refractivity contribution in [3.05, 3.63) is 0 Å². The van der Waals surface area contributed by atoms with Gasteiger partial charge in [0.1, 0.15) is 0 Å². The molecule has 2 unspecified atom stereocenters. The zero-order valence-corrected chi connectivity index (χ0v) is 12.3. The summed E-state index contributed by atoms with van der Waals surface area (Å²) in [4.78, 5) is 0. The molecule has 2 rings (SSSR count). The van der Waals surface area contributed by atoms with E-state index in [1.165, 1.54) is 51.4 Å². The molecule has 1 heterocycles. The molecule has 0 aromatic carbocycles. The zero-order chi connectivity index (χ0) is 13.0. The van der Waals surface area contributed by atoms with Gasteiger partial charge in [-0.25, -0.2) is 0 Å². The second-order valence-electron chi connectivity index (χ2n) is 6.83. The molecule has 1 saturated heterocycles. The topological polar surface area (TPSA) is 32.3 Å². The van der Waals surface area contributed by atoms with Gasteiger partial charge < -0.3 is 10.4 Å². The van der Waals surface area contributed by atoms with Gasteiger partial charge >= 0.3 is 0 Å². The zero-order valence-electron chi connectivity index (χ0n) is 12.3. The van der Waals surface area contributed by atoms with Crippen molar-refractivity contribution in [3.8, 4) is 0 Å². The normalized spacial score (nSPS) is 37.2. The molecule has 2 aliphatic rings. The summed E-state index contributed by atoms with van der Waals surface area (Å²) >= 11 is 0. The first-order valence-electron chi connectivity index (χ1n) is 8.07. The molecule has 2 N–H and O–H groups in total. The van der Waals surface area contributed by atoms with Crippen molar-refractivity contribution in [2.75, 3.05) is 6.54 Å². The predicted octanol–water partition coefficient (Wildman–Crippen LogP) is 3.49. The Morgan fingerprint density at radius 1 is 1.11 bits per heavy atom. The number of piperidine rings is 1. The second kappa shape index (κ2) is 6.38. The minimum Gasteiger partial charge on any atom is -0.390 e. The molecule has 18 heavy (non-hydrogen) atoms. The van der Waals surface area contributed by atoms with Gasteiger partial charge in [0.05, 0.1) is 5.60 Å². The van der Waals surface area contributed by atoms with Gasteiger partial charge in [0.15, 0.2) is 0 Å². The van der Waals surface area contributed by atoms with E-state index in [2.05, 4.69) is 19.2 Å². The van der Waals surface area contributed by atoms with Gasteiger partial charge in [0.25, 0.3) is 0 Å². The van der Waals surface area contributed by atoms with Crippen molar-refractivity contribution in [1.82, 2.24) is 5.32 Å². The van der Waals surface area contributed by atoms with Crippen LogP contribution in [0.5, 0.6) is 0 Å². The van der Waals surface area contributed by atoms with E-state index in [-0.39, 0.29) is 0 Å². The highest BCUT2D eigenvalue weighted by Crippen LogP contribution is 2.39. The molecular weight excluding hydrogens is 222 g/mol. The molecule has 0 aromatic heterocycles. The fourth-order valence-electron chi connectivity index (χ4n) is 3.96. The number of hydrogen-bond acceptors (Lipinski definition) is 2. The third-order valence-corrected chi connectivity index (χ3v) is 5.38. The van der Waals surface area contributed by atoms with Gasteiger partial charge in [-0.2, -0.15) is 0 Å². The van der Waals surface area contributed by atoms with Crippen LogP contribution in [0.25, 0.3) is 0 Å². The van der Waals surface area contributed by atoms with Crippen LogP contribution in [0.1, 0.15) is 71.6 Å². The minimum atomic E-state index is -0.451. The van der Waals surface area contributed by atoms with Gasteiger partial charge in [-0.3, -0.25) is 0 Å². The third kappa shape index (κ3) is 3.71. The summed E-state index contributed by atoms with van der Waals surface area (Å²) in [5.74, 6) is 1.45. The van der Waals surface area contributed by atoms with Gasteiger partial charge in [-0.05, 0) is 57.4 Å². The molecule has 0 radical (unpaired) electrons. The summed E-state index contributed by atoms with van der Waals surface area (Å²) in [5.41, 5.74) is -0.451. The summed E-state index contributed by atoms with van der Waals surface area (Å²) in [6.45, 7) is 5.53. The summed E-state index contributed by atoms with van der Waals surface area (Å²) in [6.07, 6.45) is 11.3. The second-order valence-corrected chi connectivity index (χ2v) is 6.83. The molecule has 2 heteroatoms. The van der Waals surface area contributed by atoms with Crippen molar-refractivity contribution in [2.24, 2.45) is 11.8 Å². The molecule has 1 aliphatic carbocycles. The summed E-state index contributed by atoms with van der Waals surface area (Å²) in [6, 6.07) is 0.553. The van der Waals surface area contributed by atoms with Crippen LogP contribution in [0.4, 0.5) is 0 Å². The molecule has 2 fully saturated rings. The maximum atomic E-state index is 10.8. The molecule has 0 spiro atoms.